The first-order valence-corrected chi connectivity index (χ1v) is 11.3. The number of hydrogen-bond acceptors (Lipinski definition) is 5. The summed E-state index contributed by atoms with van der Waals surface area (Å²) in [5, 5.41) is 2.86. The lowest BCUT2D eigenvalue weighted by Crippen LogP contribution is -2.51. The zero-order chi connectivity index (χ0) is 23.8. The zero-order valence-electron chi connectivity index (χ0n) is 19.5. The predicted molar refractivity (Wildman–Crippen MR) is 128 cm³/mol. The van der Waals surface area contributed by atoms with E-state index in [0.717, 1.165) is 0 Å². The monoisotopic (exact) mass is 452 g/mol. The number of benzene rings is 2. The number of amides is 3. The van der Waals surface area contributed by atoms with Gasteiger partial charge in [-0.25, -0.2) is 0 Å². The summed E-state index contributed by atoms with van der Waals surface area (Å²) in [4.78, 5) is 44.0. The van der Waals surface area contributed by atoms with Gasteiger partial charge in [-0.3, -0.25) is 19.3 Å². The number of nitrogens with one attached hydrogen (secondary N) is 1. The van der Waals surface area contributed by atoms with Crippen LogP contribution in [0.15, 0.2) is 48.5 Å². The summed E-state index contributed by atoms with van der Waals surface area (Å²) < 4.78 is 5.13. The van der Waals surface area contributed by atoms with E-state index in [1.54, 1.807) is 60.5 Å². The molecule has 3 amide bonds. The molecule has 1 fully saturated rings. The van der Waals surface area contributed by atoms with Crippen molar-refractivity contribution < 1.29 is 19.1 Å². The van der Waals surface area contributed by atoms with Crippen LogP contribution in [-0.2, 0) is 4.79 Å². The van der Waals surface area contributed by atoms with E-state index in [9.17, 15) is 14.4 Å². The topological polar surface area (TPSA) is 82.2 Å². The van der Waals surface area contributed by atoms with E-state index in [1.807, 2.05) is 18.7 Å². The van der Waals surface area contributed by atoms with Gasteiger partial charge in [-0.15, -0.1) is 0 Å². The summed E-state index contributed by atoms with van der Waals surface area (Å²) in [6.45, 7) is 8.07. The van der Waals surface area contributed by atoms with Gasteiger partial charge in [0.05, 0.1) is 24.9 Å². The lowest BCUT2D eigenvalue weighted by molar-refractivity contribution is -0.132. The highest BCUT2D eigenvalue weighted by atomic mass is 16.5. The van der Waals surface area contributed by atoms with Gasteiger partial charge in [-0.2, -0.15) is 0 Å². The highest BCUT2D eigenvalue weighted by molar-refractivity contribution is 6.09. The highest BCUT2D eigenvalue weighted by Crippen LogP contribution is 2.20. The second kappa shape index (κ2) is 11.5. The normalized spacial score (nSPS) is 14.0. The molecular weight excluding hydrogens is 420 g/mol. The minimum Gasteiger partial charge on any atom is -0.497 e. The smallest absolute Gasteiger partial charge is 0.256 e. The van der Waals surface area contributed by atoms with E-state index in [2.05, 4.69) is 10.2 Å². The third-order valence-corrected chi connectivity index (χ3v) is 5.89. The number of hydrogen-bond donors (Lipinski definition) is 1. The SMILES string of the molecule is CCN(CC)C(=O)CN1CCN(C(=O)c2ccccc2NC(=O)c2ccc(OC)cc2)CC1. The van der Waals surface area contributed by atoms with Crippen LogP contribution in [0.4, 0.5) is 5.69 Å². The zero-order valence-corrected chi connectivity index (χ0v) is 19.5. The summed E-state index contributed by atoms with van der Waals surface area (Å²) >= 11 is 0. The lowest BCUT2D eigenvalue weighted by atomic mass is 10.1. The van der Waals surface area contributed by atoms with Gasteiger partial charge >= 0.3 is 0 Å². The maximum absolute atomic E-state index is 13.2. The number of anilines is 1. The second-order valence-corrected chi connectivity index (χ2v) is 7.86. The predicted octanol–water partition coefficient (Wildman–Crippen LogP) is 2.57. The number of piperazine rings is 1. The van der Waals surface area contributed by atoms with Gasteiger partial charge in [0.25, 0.3) is 11.8 Å². The van der Waals surface area contributed by atoms with Gasteiger partial charge in [-0.1, -0.05) is 12.1 Å². The maximum Gasteiger partial charge on any atom is 0.256 e. The number of ether oxygens (including phenoxy) is 1. The van der Waals surface area contributed by atoms with Crippen LogP contribution < -0.4 is 10.1 Å². The molecule has 3 rings (SSSR count). The molecule has 1 saturated heterocycles. The number of carbonyl (C=O) groups excluding carboxylic acids is 3. The van der Waals surface area contributed by atoms with E-state index in [1.165, 1.54) is 0 Å². The van der Waals surface area contributed by atoms with Crippen molar-refractivity contribution in [2.45, 2.75) is 13.8 Å². The van der Waals surface area contributed by atoms with Crippen LogP contribution in [0.25, 0.3) is 0 Å². The van der Waals surface area contributed by atoms with Crippen LogP contribution in [0.1, 0.15) is 34.6 Å². The fourth-order valence-electron chi connectivity index (χ4n) is 3.86. The van der Waals surface area contributed by atoms with Gasteiger partial charge in [-0.05, 0) is 50.2 Å². The Bertz CT molecular complexity index is 965. The molecule has 0 saturated carbocycles. The average Bonchev–Trinajstić information content (AvgIpc) is 2.85. The van der Waals surface area contributed by atoms with E-state index < -0.39 is 0 Å². The Morgan fingerprint density at radius 3 is 2.18 bits per heavy atom. The molecule has 0 aromatic heterocycles. The van der Waals surface area contributed by atoms with E-state index >= 15 is 0 Å². The van der Waals surface area contributed by atoms with Crippen molar-refractivity contribution in [1.29, 1.82) is 0 Å². The molecule has 0 aliphatic carbocycles. The summed E-state index contributed by atoms with van der Waals surface area (Å²) in [5.74, 6) is 0.361. The minimum atomic E-state index is -0.294. The number of nitrogens with zero attached hydrogens (tertiary/aromatic N) is 3. The standard InChI is InChI=1S/C25H32N4O4/c1-4-28(5-2)23(30)18-27-14-16-29(17-15-27)25(32)21-8-6-7-9-22(21)26-24(31)19-10-12-20(33-3)13-11-19/h6-13H,4-5,14-18H2,1-3H3,(H,26,31). The van der Waals surface area contributed by atoms with Crippen molar-refractivity contribution in [3.8, 4) is 5.75 Å². The van der Waals surface area contributed by atoms with Gasteiger partial charge in [0.15, 0.2) is 0 Å². The molecule has 2 aromatic carbocycles. The molecule has 0 bridgehead atoms. The number of likely N-dealkylation sites (N-methyl/N-ethyl adjacent to an activating group) is 1. The first-order valence-electron chi connectivity index (χ1n) is 11.3. The van der Waals surface area contributed by atoms with Gasteiger partial charge in [0, 0.05) is 44.8 Å². The number of carbonyl (C=O) groups is 3. The Labute approximate surface area is 195 Å². The van der Waals surface area contributed by atoms with Crippen molar-refractivity contribution in [3.63, 3.8) is 0 Å². The highest BCUT2D eigenvalue weighted by Gasteiger charge is 2.26. The van der Waals surface area contributed by atoms with Crippen LogP contribution in [0.2, 0.25) is 0 Å². The third kappa shape index (κ3) is 6.10. The summed E-state index contributed by atoms with van der Waals surface area (Å²) in [6.07, 6.45) is 0. The molecule has 0 atom stereocenters. The molecule has 176 valence electrons. The van der Waals surface area contributed by atoms with Crippen molar-refractivity contribution in [2.24, 2.45) is 0 Å². The molecule has 2 aromatic rings. The van der Waals surface area contributed by atoms with Gasteiger partial charge < -0.3 is 19.9 Å². The number of para-hydroxylation sites is 1. The Hall–Kier alpha value is -3.39. The van der Waals surface area contributed by atoms with Crippen molar-refractivity contribution >= 4 is 23.4 Å². The molecule has 1 N–H and O–H groups in total. The quantitative estimate of drug-likeness (QED) is 0.666. The molecular formula is C25H32N4O4. The first-order chi connectivity index (χ1) is 16.0. The van der Waals surface area contributed by atoms with Crippen LogP contribution in [0, 0.1) is 0 Å². The van der Waals surface area contributed by atoms with Crippen LogP contribution >= 0.6 is 0 Å². The van der Waals surface area contributed by atoms with E-state index in [0.29, 0.717) is 68.4 Å². The maximum atomic E-state index is 13.2. The molecule has 0 spiro atoms. The lowest BCUT2D eigenvalue weighted by Gasteiger charge is -2.35. The van der Waals surface area contributed by atoms with Gasteiger partial charge in [0.2, 0.25) is 5.91 Å². The largest absolute Gasteiger partial charge is 0.497 e. The van der Waals surface area contributed by atoms with E-state index in [4.69, 9.17) is 4.74 Å². The minimum absolute atomic E-state index is 0.117. The fraction of sp³-hybridized carbons (Fsp3) is 0.400. The molecule has 0 radical (unpaired) electrons. The average molecular weight is 453 g/mol. The Balaban J connectivity index is 1.62. The Kier molecular flexibility index (Phi) is 8.43. The molecule has 8 heteroatoms. The van der Waals surface area contributed by atoms with Crippen LogP contribution in [-0.4, -0.2) is 85.3 Å². The first kappa shape index (κ1) is 24.3. The van der Waals surface area contributed by atoms with Crippen molar-refractivity contribution in [2.75, 3.05) is 58.2 Å². The summed E-state index contributed by atoms with van der Waals surface area (Å²) in [5.41, 5.74) is 1.40. The number of rotatable bonds is 8. The molecule has 0 unspecified atom stereocenters. The molecule has 8 nitrogen and oxygen atoms in total. The molecule has 33 heavy (non-hydrogen) atoms. The van der Waals surface area contributed by atoms with Crippen LogP contribution in [0.3, 0.4) is 0 Å². The second-order valence-electron chi connectivity index (χ2n) is 7.86. The number of methoxy groups -OCH3 is 1. The summed E-state index contributed by atoms with van der Waals surface area (Å²) in [7, 11) is 1.57. The third-order valence-electron chi connectivity index (χ3n) is 5.89. The van der Waals surface area contributed by atoms with Gasteiger partial charge in [0.1, 0.15) is 5.75 Å². The Morgan fingerprint density at radius 2 is 1.58 bits per heavy atom. The fourth-order valence-corrected chi connectivity index (χ4v) is 3.86. The van der Waals surface area contributed by atoms with Crippen LogP contribution in [0.5, 0.6) is 5.75 Å². The molecule has 1 heterocycles. The van der Waals surface area contributed by atoms with Crippen molar-refractivity contribution in [1.82, 2.24) is 14.7 Å². The Morgan fingerprint density at radius 1 is 0.939 bits per heavy atom. The van der Waals surface area contributed by atoms with E-state index in [-0.39, 0.29) is 17.7 Å². The summed E-state index contributed by atoms with van der Waals surface area (Å²) in [6, 6.07) is 13.8. The molecule has 1 aliphatic heterocycles. The molecule has 1 aliphatic rings. The van der Waals surface area contributed by atoms with Crippen molar-refractivity contribution in [3.05, 3.63) is 59.7 Å².